The van der Waals surface area contributed by atoms with Crippen molar-refractivity contribution in [3.8, 4) is 0 Å². The number of carbonyl (C=O) groups is 1. The van der Waals surface area contributed by atoms with E-state index in [0.717, 1.165) is 19.3 Å². The molecule has 1 aliphatic carbocycles. The number of carbonyl (C=O) groups excluding carboxylic acids is 1. The molecule has 0 bridgehead atoms. The average Bonchev–Trinajstić information content (AvgIpc) is 2.49. The molecule has 0 aromatic rings. The van der Waals surface area contributed by atoms with Crippen molar-refractivity contribution >= 4 is 5.97 Å². The predicted octanol–water partition coefficient (Wildman–Crippen LogP) is 1.21. The third kappa shape index (κ3) is 2.48. The Hall–Kier alpha value is -0.570. The largest absolute Gasteiger partial charge is 0.469 e. The van der Waals surface area contributed by atoms with Crippen molar-refractivity contribution in [2.24, 2.45) is 5.73 Å². The van der Waals surface area contributed by atoms with Gasteiger partial charge in [0.25, 0.3) is 0 Å². The fourth-order valence-electron chi connectivity index (χ4n) is 1.78. The minimum Gasteiger partial charge on any atom is -0.469 e. The van der Waals surface area contributed by atoms with Crippen molar-refractivity contribution in [1.82, 2.24) is 0 Å². The van der Waals surface area contributed by atoms with Crippen molar-refractivity contribution in [1.29, 1.82) is 0 Å². The summed E-state index contributed by atoms with van der Waals surface area (Å²) in [5.74, 6) is -0.147. The summed E-state index contributed by atoms with van der Waals surface area (Å²) in [5.41, 5.74) is 5.98. The van der Waals surface area contributed by atoms with E-state index in [9.17, 15) is 4.79 Å². The molecule has 3 nitrogen and oxygen atoms in total. The number of hydrogen-bond donors (Lipinski definition) is 1. The minimum absolute atomic E-state index is 0.0752. The molecule has 1 saturated carbocycles. The van der Waals surface area contributed by atoms with E-state index in [2.05, 4.69) is 4.74 Å². The lowest BCUT2D eigenvalue weighted by Crippen LogP contribution is -2.36. The summed E-state index contributed by atoms with van der Waals surface area (Å²) in [6.45, 7) is 0. The van der Waals surface area contributed by atoms with Crippen LogP contribution in [0.15, 0.2) is 0 Å². The summed E-state index contributed by atoms with van der Waals surface area (Å²) in [5, 5.41) is 0. The van der Waals surface area contributed by atoms with Crippen molar-refractivity contribution in [3.05, 3.63) is 0 Å². The molecular weight excluding hydrogens is 154 g/mol. The van der Waals surface area contributed by atoms with Crippen LogP contribution in [-0.2, 0) is 9.53 Å². The van der Waals surface area contributed by atoms with E-state index in [0.29, 0.717) is 6.42 Å². The van der Waals surface area contributed by atoms with E-state index >= 15 is 0 Å². The van der Waals surface area contributed by atoms with Crippen LogP contribution in [0.4, 0.5) is 0 Å². The Morgan fingerprint density at radius 1 is 1.50 bits per heavy atom. The SMILES string of the molecule is COC(=O)CCC1(N)CCCC1. The lowest BCUT2D eigenvalue weighted by Gasteiger charge is -2.22. The average molecular weight is 171 g/mol. The molecule has 0 aromatic carbocycles. The second kappa shape index (κ2) is 3.90. The van der Waals surface area contributed by atoms with Crippen LogP contribution < -0.4 is 5.73 Å². The Labute approximate surface area is 73.3 Å². The first-order valence-corrected chi connectivity index (χ1v) is 4.52. The molecule has 1 aliphatic rings. The Kier molecular flexibility index (Phi) is 3.09. The lowest BCUT2D eigenvalue weighted by molar-refractivity contribution is -0.141. The fraction of sp³-hybridized carbons (Fsp3) is 0.889. The van der Waals surface area contributed by atoms with E-state index in [-0.39, 0.29) is 11.5 Å². The maximum absolute atomic E-state index is 10.8. The summed E-state index contributed by atoms with van der Waals surface area (Å²) >= 11 is 0. The molecule has 0 aromatic heterocycles. The molecule has 12 heavy (non-hydrogen) atoms. The molecule has 0 aliphatic heterocycles. The number of methoxy groups -OCH3 is 1. The zero-order valence-electron chi connectivity index (χ0n) is 7.64. The number of rotatable bonds is 3. The van der Waals surface area contributed by atoms with Gasteiger partial charge in [0.2, 0.25) is 0 Å². The Bertz CT molecular complexity index is 162. The standard InChI is InChI=1S/C9H17NO2/c1-12-8(11)4-7-9(10)5-2-3-6-9/h2-7,10H2,1H3. The fourth-order valence-corrected chi connectivity index (χ4v) is 1.78. The summed E-state index contributed by atoms with van der Waals surface area (Å²) in [4.78, 5) is 10.8. The van der Waals surface area contributed by atoms with E-state index < -0.39 is 0 Å². The Balaban J connectivity index is 2.25. The van der Waals surface area contributed by atoms with Crippen LogP contribution >= 0.6 is 0 Å². The van der Waals surface area contributed by atoms with Gasteiger partial charge < -0.3 is 10.5 Å². The maximum atomic E-state index is 10.8. The molecule has 0 radical (unpaired) electrons. The van der Waals surface area contributed by atoms with Crippen LogP contribution in [0, 0.1) is 0 Å². The van der Waals surface area contributed by atoms with E-state index in [1.807, 2.05) is 0 Å². The van der Waals surface area contributed by atoms with Crippen LogP contribution in [0.3, 0.4) is 0 Å². The van der Waals surface area contributed by atoms with Crippen LogP contribution in [0.1, 0.15) is 38.5 Å². The van der Waals surface area contributed by atoms with Crippen LogP contribution in [0.5, 0.6) is 0 Å². The van der Waals surface area contributed by atoms with Crippen molar-refractivity contribution < 1.29 is 9.53 Å². The monoisotopic (exact) mass is 171 g/mol. The molecule has 2 N–H and O–H groups in total. The van der Waals surface area contributed by atoms with E-state index in [4.69, 9.17) is 5.73 Å². The summed E-state index contributed by atoms with van der Waals surface area (Å²) in [6, 6.07) is 0. The third-order valence-electron chi connectivity index (χ3n) is 2.65. The van der Waals surface area contributed by atoms with Gasteiger partial charge in [-0.05, 0) is 19.3 Å². The second-order valence-corrected chi connectivity index (χ2v) is 3.65. The van der Waals surface area contributed by atoms with Gasteiger partial charge >= 0.3 is 5.97 Å². The number of hydrogen-bond acceptors (Lipinski definition) is 3. The third-order valence-corrected chi connectivity index (χ3v) is 2.65. The molecule has 1 fully saturated rings. The smallest absolute Gasteiger partial charge is 0.305 e. The zero-order valence-corrected chi connectivity index (χ0v) is 7.64. The molecule has 0 spiro atoms. The Morgan fingerprint density at radius 3 is 2.58 bits per heavy atom. The molecule has 70 valence electrons. The van der Waals surface area contributed by atoms with Crippen molar-refractivity contribution in [2.75, 3.05) is 7.11 Å². The summed E-state index contributed by atoms with van der Waals surface area (Å²) in [6.07, 6.45) is 5.77. The van der Waals surface area contributed by atoms with Gasteiger partial charge in [-0.15, -0.1) is 0 Å². The normalized spacial score (nSPS) is 20.8. The molecule has 0 atom stereocenters. The molecule has 1 rings (SSSR count). The molecule has 0 heterocycles. The summed E-state index contributed by atoms with van der Waals surface area (Å²) < 4.78 is 4.56. The highest BCUT2D eigenvalue weighted by Gasteiger charge is 2.29. The minimum atomic E-state index is -0.147. The molecule has 0 amide bonds. The van der Waals surface area contributed by atoms with Crippen molar-refractivity contribution in [3.63, 3.8) is 0 Å². The maximum Gasteiger partial charge on any atom is 0.305 e. The van der Waals surface area contributed by atoms with Crippen LogP contribution in [-0.4, -0.2) is 18.6 Å². The highest BCUT2D eigenvalue weighted by Crippen LogP contribution is 2.30. The van der Waals surface area contributed by atoms with Gasteiger partial charge in [-0.25, -0.2) is 0 Å². The Morgan fingerprint density at radius 2 is 2.08 bits per heavy atom. The molecule has 3 heteroatoms. The summed E-state index contributed by atoms with van der Waals surface area (Å²) in [7, 11) is 1.42. The highest BCUT2D eigenvalue weighted by atomic mass is 16.5. The van der Waals surface area contributed by atoms with E-state index in [1.54, 1.807) is 0 Å². The first-order chi connectivity index (χ1) is 5.66. The van der Waals surface area contributed by atoms with Gasteiger partial charge in [0.15, 0.2) is 0 Å². The van der Waals surface area contributed by atoms with Crippen LogP contribution in [0.2, 0.25) is 0 Å². The quantitative estimate of drug-likeness (QED) is 0.649. The van der Waals surface area contributed by atoms with E-state index in [1.165, 1.54) is 20.0 Å². The van der Waals surface area contributed by atoms with Gasteiger partial charge in [-0.1, -0.05) is 12.8 Å². The first kappa shape index (κ1) is 9.52. The predicted molar refractivity (Wildman–Crippen MR) is 46.6 cm³/mol. The second-order valence-electron chi connectivity index (χ2n) is 3.65. The van der Waals surface area contributed by atoms with Gasteiger partial charge in [0.05, 0.1) is 7.11 Å². The number of ether oxygens (including phenoxy) is 1. The van der Waals surface area contributed by atoms with Gasteiger partial charge in [-0.2, -0.15) is 0 Å². The first-order valence-electron chi connectivity index (χ1n) is 4.52. The highest BCUT2D eigenvalue weighted by molar-refractivity contribution is 5.69. The van der Waals surface area contributed by atoms with Crippen molar-refractivity contribution in [2.45, 2.75) is 44.1 Å². The lowest BCUT2D eigenvalue weighted by atomic mass is 9.93. The molecule has 0 saturated heterocycles. The zero-order chi connectivity index (χ0) is 9.03. The van der Waals surface area contributed by atoms with Gasteiger partial charge in [0, 0.05) is 12.0 Å². The van der Waals surface area contributed by atoms with Gasteiger partial charge in [0.1, 0.15) is 0 Å². The topological polar surface area (TPSA) is 52.3 Å². The molecule has 0 unspecified atom stereocenters. The van der Waals surface area contributed by atoms with Crippen LogP contribution in [0.25, 0.3) is 0 Å². The van der Waals surface area contributed by atoms with Gasteiger partial charge in [-0.3, -0.25) is 4.79 Å². The number of esters is 1. The molecular formula is C9H17NO2. The number of nitrogens with two attached hydrogens (primary N) is 1.